The normalized spacial score (nSPS) is 17.4. The Hall–Kier alpha value is -1.84. The summed E-state index contributed by atoms with van der Waals surface area (Å²) in [6, 6.07) is 8.52. The molecule has 1 aromatic carbocycles. The van der Waals surface area contributed by atoms with E-state index < -0.39 is 12.0 Å². The molecule has 1 aliphatic rings. The molecule has 0 fully saturated rings. The molecular formula is C14H18N2O2. The molecule has 1 atom stereocenters. The van der Waals surface area contributed by atoms with Gasteiger partial charge in [-0.3, -0.25) is 4.99 Å². The summed E-state index contributed by atoms with van der Waals surface area (Å²) in [5.41, 5.74) is 0.761. The van der Waals surface area contributed by atoms with Crippen molar-refractivity contribution in [2.75, 3.05) is 6.54 Å². The second-order valence-corrected chi connectivity index (χ2v) is 4.47. The van der Waals surface area contributed by atoms with E-state index in [9.17, 15) is 9.90 Å². The molecule has 1 aliphatic heterocycles. The van der Waals surface area contributed by atoms with Crippen molar-refractivity contribution in [2.24, 2.45) is 4.99 Å². The topological polar surface area (TPSA) is 61.7 Å². The minimum atomic E-state index is -0.867. The van der Waals surface area contributed by atoms with Crippen LogP contribution in [0.5, 0.6) is 0 Å². The van der Waals surface area contributed by atoms with E-state index in [1.54, 1.807) is 0 Å². The molecule has 1 heterocycles. The van der Waals surface area contributed by atoms with Gasteiger partial charge in [-0.25, -0.2) is 4.79 Å². The van der Waals surface area contributed by atoms with E-state index in [2.05, 4.69) is 10.3 Å². The van der Waals surface area contributed by atoms with Crippen LogP contribution in [0.15, 0.2) is 35.3 Å². The summed E-state index contributed by atoms with van der Waals surface area (Å²) >= 11 is 0. The number of nitrogens with zero attached hydrogens (tertiary/aromatic N) is 1. The van der Waals surface area contributed by atoms with Crippen molar-refractivity contribution in [1.82, 2.24) is 5.32 Å². The van der Waals surface area contributed by atoms with Crippen LogP contribution in [0.3, 0.4) is 0 Å². The van der Waals surface area contributed by atoms with Crippen LogP contribution in [0, 0.1) is 0 Å². The first-order chi connectivity index (χ1) is 8.77. The summed E-state index contributed by atoms with van der Waals surface area (Å²) in [5.74, 6) is -0.0445. The van der Waals surface area contributed by atoms with Crippen molar-refractivity contribution in [2.45, 2.75) is 31.7 Å². The Morgan fingerprint density at radius 3 is 2.72 bits per heavy atom. The number of amidine groups is 1. The van der Waals surface area contributed by atoms with Crippen LogP contribution in [0.2, 0.25) is 0 Å². The van der Waals surface area contributed by atoms with Gasteiger partial charge in [-0.1, -0.05) is 36.8 Å². The molecule has 0 aromatic heterocycles. The van der Waals surface area contributed by atoms with E-state index in [4.69, 9.17) is 0 Å². The summed E-state index contributed by atoms with van der Waals surface area (Å²) in [6.45, 7) is 0.795. The highest BCUT2D eigenvalue weighted by Gasteiger charge is 2.20. The van der Waals surface area contributed by atoms with Crippen molar-refractivity contribution in [3.63, 3.8) is 0 Å². The standard InChI is InChI=1S/C14H18N2O2/c17-14(18)13(11-7-3-1-4-8-11)16-12-9-5-2-6-10-15-12/h1,3-4,7-8,13H,2,5-6,9-10H2,(H,15,16)(H,17,18). The zero-order chi connectivity index (χ0) is 12.8. The lowest BCUT2D eigenvalue weighted by Crippen LogP contribution is -2.33. The molecule has 0 saturated heterocycles. The summed E-state index contributed by atoms with van der Waals surface area (Å²) < 4.78 is 0. The number of aliphatic imine (C=N–C) groups is 1. The number of hydrogen-bond donors (Lipinski definition) is 2. The number of hydrogen-bond acceptors (Lipinski definition) is 3. The summed E-state index contributed by atoms with van der Waals surface area (Å²) in [5, 5.41) is 12.4. The quantitative estimate of drug-likeness (QED) is 0.860. The fraction of sp³-hybridized carbons (Fsp3) is 0.429. The summed E-state index contributed by atoms with van der Waals surface area (Å²) in [7, 11) is 0. The zero-order valence-electron chi connectivity index (χ0n) is 10.3. The number of aliphatic carboxylic acids is 1. The summed E-state index contributed by atoms with van der Waals surface area (Å²) in [4.78, 5) is 15.8. The molecule has 0 spiro atoms. The molecule has 2 N–H and O–H groups in total. The number of rotatable bonds is 3. The van der Waals surface area contributed by atoms with Crippen molar-refractivity contribution >= 4 is 11.8 Å². The van der Waals surface area contributed by atoms with Crippen molar-refractivity contribution in [3.8, 4) is 0 Å². The van der Waals surface area contributed by atoms with Crippen LogP contribution >= 0.6 is 0 Å². The number of benzene rings is 1. The fourth-order valence-electron chi connectivity index (χ4n) is 2.09. The maximum Gasteiger partial charge on any atom is 0.330 e. The number of carboxylic acids is 1. The lowest BCUT2D eigenvalue weighted by Gasteiger charge is -2.17. The highest BCUT2D eigenvalue weighted by atomic mass is 16.4. The van der Waals surface area contributed by atoms with E-state index >= 15 is 0 Å². The van der Waals surface area contributed by atoms with Crippen molar-refractivity contribution in [1.29, 1.82) is 0 Å². The molecule has 4 nitrogen and oxygen atoms in total. The predicted octanol–water partition coefficient (Wildman–Crippen LogP) is 2.37. The lowest BCUT2D eigenvalue weighted by molar-refractivity contribution is -0.139. The fourth-order valence-corrected chi connectivity index (χ4v) is 2.09. The largest absolute Gasteiger partial charge is 0.479 e. The summed E-state index contributed by atoms with van der Waals surface area (Å²) in [6.07, 6.45) is 4.18. The van der Waals surface area contributed by atoms with E-state index in [1.165, 1.54) is 0 Å². The van der Waals surface area contributed by atoms with Crippen molar-refractivity contribution < 1.29 is 9.90 Å². The first kappa shape index (κ1) is 12.6. The molecule has 4 heteroatoms. The van der Waals surface area contributed by atoms with Gasteiger partial charge in [0.25, 0.3) is 0 Å². The van der Waals surface area contributed by atoms with Crippen LogP contribution in [-0.4, -0.2) is 23.5 Å². The number of carbonyl (C=O) groups is 1. The van der Waals surface area contributed by atoms with Crippen molar-refractivity contribution in [3.05, 3.63) is 35.9 Å². The Kier molecular flexibility index (Phi) is 4.34. The van der Waals surface area contributed by atoms with Gasteiger partial charge in [-0.2, -0.15) is 0 Å². The number of carboxylic acid groups (broad SMARTS) is 1. The highest BCUT2D eigenvalue weighted by molar-refractivity contribution is 5.88. The van der Waals surface area contributed by atoms with Gasteiger partial charge in [0, 0.05) is 13.0 Å². The maximum atomic E-state index is 11.3. The monoisotopic (exact) mass is 246 g/mol. The van der Waals surface area contributed by atoms with E-state index in [0.717, 1.165) is 43.6 Å². The maximum absolute atomic E-state index is 11.3. The third-order valence-electron chi connectivity index (χ3n) is 3.07. The Labute approximate surface area is 107 Å². The lowest BCUT2D eigenvalue weighted by atomic mass is 10.1. The minimum absolute atomic E-state index is 0.706. The van der Waals surface area contributed by atoms with Crippen LogP contribution < -0.4 is 5.32 Å². The smallest absolute Gasteiger partial charge is 0.330 e. The Morgan fingerprint density at radius 1 is 1.22 bits per heavy atom. The van der Waals surface area contributed by atoms with E-state index in [0.29, 0.717) is 0 Å². The molecule has 0 radical (unpaired) electrons. The van der Waals surface area contributed by atoms with Gasteiger partial charge in [0.05, 0.1) is 5.84 Å². The minimum Gasteiger partial charge on any atom is -0.479 e. The van der Waals surface area contributed by atoms with Gasteiger partial charge in [-0.15, -0.1) is 0 Å². The number of nitrogens with one attached hydrogen (secondary N) is 1. The highest BCUT2D eigenvalue weighted by Crippen LogP contribution is 2.15. The average molecular weight is 246 g/mol. The van der Waals surface area contributed by atoms with Gasteiger partial charge in [-0.05, 0) is 18.4 Å². The average Bonchev–Trinajstić information content (AvgIpc) is 2.65. The molecule has 18 heavy (non-hydrogen) atoms. The second-order valence-electron chi connectivity index (χ2n) is 4.47. The van der Waals surface area contributed by atoms with Crippen LogP contribution in [-0.2, 0) is 4.79 Å². The Balaban J connectivity index is 2.11. The molecular weight excluding hydrogens is 228 g/mol. The molecule has 0 amide bonds. The molecule has 0 aliphatic carbocycles. The molecule has 96 valence electrons. The second kappa shape index (κ2) is 6.19. The third-order valence-corrected chi connectivity index (χ3v) is 3.07. The Morgan fingerprint density at radius 2 is 2.00 bits per heavy atom. The molecule has 2 rings (SSSR count). The van der Waals surface area contributed by atoms with E-state index in [-0.39, 0.29) is 0 Å². The molecule has 0 saturated carbocycles. The van der Waals surface area contributed by atoms with Crippen LogP contribution in [0.4, 0.5) is 0 Å². The molecule has 0 bridgehead atoms. The van der Waals surface area contributed by atoms with Crippen LogP contribution in [0.1, 0.15) is 37.3 Å². The van der Waals surface area contributed by atoms with Gasteiger partial charge in [0.2, 0.25) is 0 Å². The van der Waals surface area contributed by atoms with Gasteiger partial charge in [0.15, 0.2) is 6.04 Å². The zero-order valence-corrected chi connectivity index (χ0v) is 10.3. The van der Waals surface area contributed by atoms with Crippen LogP contribution in [0.25, 0.3) is 0 Å². The first-order valence-electron chi connectivity index (χ1n) is 6.35. The SMILES string of the molecule is O=C(O)C(NC1=NCCCCC1)c1ccccc1. The third kappa shape index (κ3) is 3.32. The van der Waals surface area contributed by atoms with Gasteiger partial charge < -0.3 is 10.4 Å². The Bertz CT molecular complexity index is 429. The van der Waals surface area contributed by atoms with E-state index in [1.807, 2.05) is 30.3 Å². The van der Waals surface area contributed by atoms with Gasteiger partial charge >= 0.3 is 5.97 Å². The molecule has 1 unspecified atom stereocenters. The molecule has 1 aromatic rings. The first-order valence-corrected chi connectivity index (χ1v) is 6.35. The van der Waals surface area contributed by atoms with Gasteiger partial charge in [0.1, 0.15) is 0 Å². The predicted molar refractivity (Wildman–Crippen MR) is 70.7 cm³/mol.